The number of hydrogen-bond donors (Lipinski definition) is 2. The molecule has 1 saturated carbocycles. The molecule has 2 rings (SSSR count). The largest absolute Gasteiger partial charge is 0.396 e. The number of nitrogens with zero attached hydrogens (tertiary/aromatic N) is 2. The van der Waals surface area contributed by atoms with Gasteiger partial charge in [-0.25, -0.2) is 4.98 Å². The summed E-state index contributed by atoms with van der Waals surface area (Å²) in [5.41, 5.74) is 6.75. The van der Waals surface area contributed by atoms with Crippen LogP contribution in [0, 0.1) is 11.3 Å². The SMILES string of the molecule is N#Cc1cnc(NCCOC2CCCC2)c(N)c1. The van der Waals surface area contributed by atoms with E-state index < -0.39 is 0 Å². The van der Waals surface area contributed by atoms with Crippen molar-refractivity contribution in [3.63, 3.8) is 0 Å². The highest BCUT2D eigenvalue weighted by atomic mass is 16.5. The molecule has 96 valence electrons. The predicted octanol–water partition coefficient (Wildman–Crippen LogP) is 1.91. The van der Waals surface area contributed by atoms with E-state index in [1.165, 1.54) is 31.9 Å². The molecule has 0 unspecified atom stereocenters. The van der Waals surface area contributed by atoms with Gasteiger partial charge in [0.15, 0.2) is 0 Å². The van der Waals surface area contributed by atoms with Crippen LogP contribution in [0.3, 0.4) is 0 Å². The zero-order valence-electron chi connectivity index (χ0n) is 10.4. The summed E-state index contributed by atoms with van der Waals surface area (Å²) < 4.78 is 5.73. The van der Waals surface area contributed by atoms with Gasteiger partial charge in [-0.3, -0.25) is 0 Å². The Balaban J connectivity index is 1.74. The Kier molecular flexibility index (Phi) is 4.37. The first-order chi connectivity index (χ1) is 8.79. The third-order valence-corrected chi connectivity index (χ3v) is 3.10. The maximum Gasteiger partial charge on any atom is 0.149 e. The Hall–Kier alpha value is -1.80. The van der Waals surface area contributed by atoms with Crippen LogP contribution in [0.2, 0.25) is 0 Å². The van der Waals surface area contributed by atoms with Crippen molar-refractivity contribution in [1.82, 2.24) is 4.98 Å². The Morgan fingerprint density at radius 3 is 2.94 bits per heavy atom. The fraction of sp³-hybridized carbons (Fsp3) is 0.538. The van der Waals surface area contributed by atoms with Gasteiger partial charge in [-0.2, -0.15) is 5.26 Å². The molecular weight excluding hydrogens is 228 g/mol. The molecule has 1 heterocycles. The topological polar surface area (TPSA) is 84.0 Å². The smallest absolute Gasteiger partial charge is 0.149 e. The molecule has 0 radical (unpaired) electrons. The highest BCUT2D eigenvalue weighted by Gasteiger charge is 2.14. The van der Waals surface area contributed by atoms with E-state index in [4.69, 9.17) is 15.7 Å². The monoisotopic (exact) mass is 246 g/mol. The number of nitrogens with two attached hydrogens (primary N) is 1. The number of nitrogens with one attached hydrogen (secondary N) is 1. The number of pyridine rings is 1. The van der Waals surface area contributed by atoms with Gasteiger partial charge in [0.25, 0.3) is 0 Å². The number of anilines is 2. The fourth-order valence-corrected chi connectivity index (χ4v) is 2.14. The molecule has 1 aliphatic carbocycles. The summed E-state index contributed by atoms with van der Waals surface area (Å²) in [7, 11) is 0. The van der Waals surface area contributed by atoms with Gasteiger partial charge in [0.2, 0.25) is 0 Å². The van der Waals surface area contributed by atoms with Crippen molar-refractivity contribution < 1.29 is 4.74 Å². The van der Waals surface area contributed by atoms with Crippen LogP contribution in [-0.4, -0.2) is 24.2 Å². The molecule has 0 aliphatic heterocycles. The van der Waals surface area contributed by atoms with Crippen LogP contribution in [-0.2, 0) is 4.74 Å². The van der Waals surface area contributed by atoms with Gasteiger partial charge in [0, 0.05) is 12.7 Å². The van der Waals surface area contributed by atoms with Crippen LogP contribution in [0.15, 0.2) is 12.3 Å². The summed E-state index contributed by atoms with van der Waals surface area (Å²) in [6.45, 7) is 1.34. The molecule has 1 aromatic rings. The van der Waals surface area contributed by atoms with Gasteiger partial charge >= 0.3 is 0 Å². The van der Waals surface area contributed by atoms with E-state index in [2.05, 4.69) is 10.3 Å². The van der Waals surface area contributed by atoms with Crippen molar-refractivity contribution in [3.05, 3.63) is 17.8 Å². The molecule has 0 amide bonds. The standard InChI is InChI=1S/C13H18N4O/c14-8-10-7-12(15)13(17-9-10)16-5-6-18-11-3-1-2-4-11/h7,9,11H,1-6,15H2,(H,16,17). The van der Waals surface area contributed by atoms with Gasteiger partial charge in [0.1, 0.15) is 11.9 Å². The highest BCUT2D eigenvalue weighted by Crippen LogP contribution is 2.20. The van der Waals surface area contributed by atoms with Gasteiger partial charge in [-0.1, -0.05) is 12.8 Å². The molecule has 5 nitrogen and oxygen atoms in total. The zero-order chi connectivity index (χ0) is 12.8. The molecule has 0 saturated heterocycles. The van der Waals surface area contributed by atoms with Gasteiger partial charge in [-0.15, -0.1) is 0 Å². The Labute approximate surface area is 107 Å². The predicted molar refractivity (Wildman–Crippen MR) is 70.1 cm³/mol. The number of hydrogen-bond acceptors (Lipinski definition) is 5. The minimum atomic E-state index is 0.429. The summed E-state index contributed by atoms with van der Waals surface area (Å²) in [4.78, 5) is 4.10. The van der Waals surface area contributed by atoms with E-state index in [1.54, 1.807) is 6.07 Å². The van der Waals surface area contributed by atoms with Crippen LogP contribution < -0.4 is 11.1 Å². The lowest BCUT2D eigenvalue weighted by Crippen LogP contribution is -2.16. The molecule has 5 heteroatoms. The van der Waals surface area contributed by atoms with E-state index in [1.807, 2.05) is 6.07 Å². The van der Waals surface area contributed by atoms with E-state index in [0.717, 1.165) is 0 Å². The molecule has 1 fully saturated rings. The quantitative estimate of drug-likeness (QED) is 0.775. The van der Waals surface area contributed by atoms with E-state index in [-0.39, 0.29) is 0 Å². The second-order valence-electron chi connectivity index (χ2n) is 4.48. The van der Waals surface area contributed by atoms with E-state index in [9.17, 15) is 0 Å². The van der Waals surface area contributed by atoms with E-state index >= 15 is 0 Å². The first-order valence-electron chi connectivity index (χ1n) is 6.30. The summed E-state index contributed by atoms with van der Waals surface area (Å²) in [6, 6.07) is 3.62. The average molecular weight is 246 g/mol. The second kappa shape index (κ2) is 6.22. The van der Waals surface area contributed by atoms with Gasteiger partial charge < -0.3 is 15.8 Å². The minimum absolute atomic E-state index is 0.429. The fourth-order valence-electron chi connectivity index (χ4n) is 2.14. The van der Waals surface area contributed by atoms with E-state index in [0.29, 0.717) is 36.3 Å². The Morgan fingerprint density at radius 1 is 1.50 bits per heavy atom. The van der Waals surface area contributed by atoms with Crippen LogP contribution in [0.25, 0.3) is 0 Å². The van der Waals surface area contributed by atoms with Gasteiger partial charge in [-0.05, 0) is 18.9 Å². The molecule has 1 aromatic heterocycles. The molecule has 3 N–H and O–H groups in total. The summed E-state index contributed by atoms with van der Waals surface area (Å²) in [5, 5.41) is 11.8. The second-order valence-corrected chi connectivity index (χ2v) is 4.48. The normalized spacial score (nSPS) is 15.5. The number of ether oxygens (including phenoxy) is 1. The maximum atomic E-state index is 8.70. The van der Waals surface area contributed by atoms with Crippen molar-refractivity contribution in [3.8, 4) is 6.07 Å². The molecule has 1 aliphatic rings. The number of aromatic nitrogens is 1. The Morgan fingerprint density at radius 2 is 2.28 bits per heavy atom. The minimum Gasteiger partial charge on any atom is -0.396 e. The lowest BCUT2D eigenvalue weighted by atomic mass is 10.3. The molecule has 18 heavy (non-hydrogen) atoms. The molecule has 0 spiro atoms. The van der Waals surface area contributed by atoms with Crippen LogP contribution in [0.5, 0.6) is 0 Å². The Bertz CT molecular complexity index is 435. The third-order valence-electron chi connectivity index (χ3n) is 3.10. The summed E-state index contributed by atoms with van der Waals surface area (Å²) in [6.07, 6.45) is 6.85. The van der Waals surface area contributed by atoms with Crippen molar-refractivity contribution >= 4 is 11.5 Å². The van der Waals surface area contributed by atoms with Gasteiger partial charge in [0.05, 0.1) is 24.0 Å². The first-order valence-corrected chi connectivity index (χ1v) is 6.30. The van der Waals surface area contributed by atoms with Crippen molar-refractivity contribution in [2.75, 3.05) is 24.2 Å². The van der Waals surface area contributed by atoms with Crippen LogP contribution >= 0.6 is 0 Å². The number of rotatable bonds is 5. The molecular formula is C13H18N4O. The summed E-state index contributed by atoms with van der Waals surface area (Å²) >= 11 is 0. The third kappa shape index (κ3) is 3.34. The first kappa shape index (κ1) is 12.7. The lowest BCUT2D eigenvalue weighted by Gasteiger charge is -2.12. The lowest BCUT2D eigenvalue weighted by molar-refractivity contribution is 0.0659. The molecule has 0 atom stereocenters. The van der Waals surface area contributed by atoms with Crippen molar-refractivity contribution in [2.45, 2.75) is 31.8 Å². The zero-order valence-corrected chi connectivity index (χ0v) is 10.4. The average Bonchev–Trinajstić information content (AvgIpc) is 2.89. The number of nitriles is 1. The van der Waals surface area contributed by atoms with Crippen molar-refractivity contribution in [2.24, 2.45) is 0 Å². The maximum absolute atomic E-state index is 8.70. The number of nitrogen functional groups attached to an aromatic ring is 1. The highest BCUT2D eigenvalue weighted by molar-refractivity contribution is 5.62. The van der Waals surface area contributed by atoms with Crippen LogP contribution in [0.4, 0.5) is 11.5 Å². The summed E-state index contributed by atoms with van der Waals surface area (Å²) in [5.74, 6) is 0.615. The van der Waals surface area contributed by atoms with Crippen molar-refractivity contribution in [1.29, 1.82) is 5.26 Å². The van der Waals surface area contributed by atoms with Crippen LogP contribution in [0.1, 0.15) is 31.2 Å². The molecule has 0 aromatic carbocycles. The molecule has 0 bridgehead atoms.